The fraction of sp³-hybridized carbons (Fsp3) is 0.188. The standard InChI is InChI=1S/C16H14ClIN2O/c1-19-13-8-5-11(9-14(13)20(2)16(19)21)15(17)10-3-6-12(18)7-4-10/h3-9,15H,1-2H3. The van der Waals surface area contributed by atoms with Gasteiger partial charge in [0.15, 0.2) is 0 Å². The molecule has 108 valence electrons. The number of benzene rings is 2. The number of alkyl halides is 1. The first-order valence-electron chi connectivity index (χ1n) is 6.54. The molecule has 0 aliphatic carbocycles. The lowest BCUT2D eigenvalue weighted by Crippen LogP contribution is -2.19. The predicted molar refractivity (Wildman–Crippen MR) is 95.0 cm³/mol. The number of imidazole rings is 1. The third kappa shape index (κ3) is 2.51. The smallest absolute Gasteiger partial charge is 0.295 e. The maximum Gasteiger partial charge on any atom is 0.328 e. The summed E-state index contributed by atoms with van der Waals surface area (Å²) in [6, 6.07) is 14.1. The van der Waals surface area contributed by atoms with E-state index < -0.39 is 0 Å². The molecule has 2 aromatic carbocycles. The number of hydrogen-bond donors (Lipinski definition) is 0. The summed E-state index contributed by atoms with van der Waals surface area (Å²) in [6.07, 6.45) is 0. The van der Waals surface area contributed by atoms with Crippen molar-refractivity contribution in [1.82, 2.24) is 9.13 Å². The van der Waals surface area contributed by atoms with Gasteiger partial charge in [0.1, 0.15) is 0 Å². The van der Waals surface area contributed by atoms with Crippen LogP contribution in [-0.2, 0) is 14.1 Å². The maximum atomic E-state index is 12.0. The second-order valence-electron chi connectivity index (χ2n) is 5.06. The molecule has 0 saturated carbocycles. The SMILES string of the molecule is Cn1c(=O)n(C)c2cc(C(Cl)c3ccc(I)cc3)ccc21. The van der Waals surface area contributed by atoms with E-state index in [1.54, 1.807) is 23.2 Å². The fourth-order valence-electron chi connectivity index (χ4n) is 2.51. The van der Waals surface area contributed by atoms with Crippen molar-refractivity contribution in [2.45, 2.75) is 5.38 Å². The van der Waals surface area contributed by atoms with E-state index in [9.17, 15) is 4.79 Å². The molecule has 3 rings (SSSR count). The molecule has 0 N–H and O–H groups in total. The molecule has 0 aliphatic rings. The van der Waals surface area contributed by atoms with Crippen molar-refractivity contribution < 1.29 is 0 Å². The lowest BCUT2D eigenvalue weighted by Gasteiger charge is -2.11. The molecular formula is C16H14ClIN2O. The van der Waals surface area contributed by atoms with Crippen molar-refractivity contribution in [3.8, 4) is 0 Å². The van der Waals surface area contributed by atoms with Gasteiger partial charge in [-0.05, 0) is 58.0 Å². The van der Waals surface area contributed by atoms with Crippen molar-refractivity contribution in [2.24, 2.45) is 14.1 Å². The molecule has 0 amide bonds. The lowest BCUT2D eigenvalue weighted by molar-refractivity contribution is 0.795. The Morgan fingerprint density at radius 1 is 0.952 bits per heavy atom. The van der Waals surface area contributed by atoms with Crippen LogP contribution < -0.4 is 5.69 Å². The van der Waals surface area contributed by atoms with Crippen LogP contribution in [0.15, 0.2) is 47.3 Å². The molecule has 1 unspecified atom stereocenters. The van der Waals surface area contributed by atoms with E-state index in [1.807, 2.05) is 42.5 Å². The highest BCUT2D eigenvalue weighted by atomic mass is 127. The molecule has 1 heterocycles. The lowest BCUT2D eigenvalue weighted by atomic mass is 10.0. The van der Waals surface area contributed by atoms with Crippen LogP contribution in [0.3, 0.4) is 0 Å². The van der Waals surface area contributed by atoms with Crippen LogP contribution in [0.5, 0.6) is 0 Å². The summed E-state index contributed by atoms with van der Waals surface area (Å²) in [4.78, 5) is 12.0. The van der Waals surface area contributed by atoms with Crippen LogP contribution in [0.2, 0.25) is 0 Å². The van der Waals surface area contributed by atoms with E-state index in [4.69, 9.17) is 11.6 Å². The molecule has 0 saturated heterocycles. The average Bonchev–Trinajstić information content (AvgIpc) is 2.72. The minimum Gasteiger partial charge on any atom is -0.295 e. The highest BCUT2D eigenvalue weighted by Gasteiger charge is 2.14. The van der Waals surface area contributed by atoms with E-state index in [2.05, 4.69) is 22.6 Å². The second kappa shape index (κ2) is 5.50. The zero-order chi connectivity index (χ0) is 15.1. The van der Waals surface area contributed by atoms with Crippen molar-refractivity contribution in [2.75, 3.05) is 0 Å². The van der Waals surface area contributed by atoms with Gasteiger partial charge in [0.2, 0.25) is 0 Å². The Morgan fingerprint density at radius 2 is 1.52 bits per heavy atom. The van der Waals surface area contributed by atoms with Crippen LogP contribution >= 0.6 is 34.2 Å². The Balaban J connectivity index is 2.10. The summed E-state index contributed by atoms with van der Waals surface area (Å²) in [5.74, 6) is 0. The maximum absolute atomic E-state index is 12.0. The largest absolute Gasteiger partial charge is 0.328 e. The molecule has 0 bridgehead atoms. The zero-order valence-corrected chi connectivity index (χ0v) is 14.6. The molecule has 0 spiro atoms. The molecule has 0 aliphatic heterocycles. The van der Waals surface area contributed by atoms with Crippen LogP contribution in [0.1, 0.15) is 16.5 Å². The van der Waals surface area contributed by atoms with Gasteiger partial charge in [0, 0.05) is 17.7 Å². The van der Waals surface area contributed by atoms with E-state index in [-0.39, 0.29) is 11.1 Å². The van der Waals surface area contributed by atoms with E-state index in [1.165, 1.54) is 3.57 Å². The van der Waals surface area contributed by atoms with Gasteiger partial charge in [-0.25, -0.2) is 4.79 Å². The summed E-state index contributed by atoms with van der Waals surface area (Å²) in [6.45, 7) is 0. The third-order valence-electron chi connectivity index (χ3n) is 3.75. The van der Waals surface area contributed by atoms with Crippen molar-refractivity contribution in [1.29, 1.82) is 0 Å². The Morgan fingerprint density at radius 3 is 2.19 bits per heavy atom. The number of aryl methyl sites for hydroxylation is 2. The van der Waals surface area contributed by atoms with Gasteiger partial charge in [-0.1, -0.05) is 18.2 Å². The van der Waals surface area contributed by atoms with Crippen LogP contribution in [-0.4, -0.2) is 9.13 Å². The zero-order valence-electron chi connectivity index (χ0n) is 11.7. The van der Waals surface area contributed by atoms with Gasteiger partial charge in [0.25, 0.3) is 0 Å². The molecule has 1 atom stereocenters. The number of halogens is 2. The van der Waals surface area contributed by atoms with Gasteiger partial charge in [0.05, 0.1) is 16.4 Å². The first kappa shape index (κ1) is 14.7. The molecule has 0 fully saturated rings. The molecule has 0 radical (unpaired) electrons. The summed E-state index contributed by atoms with van der Waals surface area (Å²) >= 11 is 8.86. The topological polar surface area (TPSA) is 26.9 Å². The monoisotopic (exact) mass is 412 g/mol. The minimum atomic E-state index is -0.221. The first-order chi connectivity index (χ1) is 9.99. The summed E-state index contributed by atoms with van der Waals surface area (Å²) in [7, 11) is 3.56. The molecule has 3 aromatic rings. The fourth-order valence-corrected chi connectivity index (χ4v) is 3.15. The number of nitrogens with zero attached hydrogens (tertiary/aromatic N) is 2. The van der Waals surface area contributed by atoms with Crippen molar-refractivity contribution >= 4 is 45.2 Å². The number of aromatic nitrogens is 2. The molecule has 3 nitrogen and oxygen atoms in total. The van der Waals surface area contributed by atoms with E-state index in [0.717, 1.165) is 22.2 Å². The number of fused-ring (bicyclic) bond motifs is 1. The third-order valence-corrected chi connectivity index (χ3v) is 4.97. The van der Waals surface area contributed by atoms with Crippen LogP contribution in [0, 0.1) is 3.57 Å². The van der Waals surface area contributed by atoms with Gasteiger partial charge in [-0.2, -0.15) is 0 Å². The van der Waals surface area contributed by atoms with Crippen LogP contribution in [0.4, 0.5) is 0 Å². The molecule has 21 heavy (non-hydrogen) atoms. The van der Waals surface area contributed by atoms with Gasteiger partial charge < -0.3 is 0 Å². The average molecular weight is 413 g/mol. The summed E-state index contributed by atoms with van der Waals surface area (Å²) < 4.78 is 4.48. The number of rotatable bonds is 2. The summed E-state index contributed by atoms with van der Waals surface area (Å²) in [5, 5.41) is -0.221. The second-order valence-corrected chi connectivity index (χ2v) is 6.74. The highest BCUT2D eigenvalue weighted by molar-refractivity contribution is 14.1. The van der Waals surface area contributed by atoms with Gasteiger partial charge >= 0.3 is 5.69 Å². The first-order valence-corrected chi connectivity index (χ1v) is 8.05. The van der Waals surface area contributed by atoms with E-state index in [0.29, 0.717) is 0 Å². The molecule has 1 aromatic heterocycles. The Kier molecular flexibility index (Phi) is 3.84. The normalized spacial score (nSPS) is 12.8. The number of hydrogen-bond acceptors (Lipinski definition) is 1. The van der Waals surface area contributed by atoms with Crippen LogP contribution in [0.25, 0.3) is 11.0 Å². The van der Waals surface area contributed by atoms with Gasteiger partial charge in [-0.3, -0.25) is 9.13 Å². The predicted octanol–water partition coefficient (Wildman–Crippen LogP) is 3.81. The Bertz CT molecular complexity index is 864. The molecule has 5 heteroatoms. The Labute approximate surface area is 141 Å². The van der Waals surface area contributed by atoms with E-state index >= 15 is 0 Å². The summed E-state index contributed by atoms with van der Waals surface area (Å²) in [5.41, 5.74) is 3.83. The van der Waals surface area contributed by atoms with Crippen molar-refractivity contribution in [3.05, 3.63) is 67.6 Å². The highest BCUT2D eigenvalue weighted by Crippen LogP contribution is 2.30. The quantitative estimate of drug-likeness (QED) is 0.464. The van der Waals surface area contributed by atoms with Gasteiger partial charge in [-0.15, -0.1) is 11.6 Å². The Hall–Kier alpha value is -1.27. The molecular weight excluding hydrogens is 399 g/mol. The minimum absolute atomic E-state index is 0.0254. The van der Waals surface area contributed by atoms with Crippen molar-refractivity contribution in [3.63, 3.8) is 0 Å².